The number of phenolic OH excluding ortho intramolecular Hbond substituents is 1. The number of nitrogens with zero attached hydrogens (tertiary/aromatic N) is 2. The second-order valence-corrected chi connectivity index (χ2v) is 13.6. The first-order chi connectivity index (χ1) is 18.9. The third-order valence-corrected chi connectivity index (χ3v) is 11.1. The molecule has 2 aliphatic carbocycles. The molecule has 0 bridgehead atoms. The Morgan fingerprint density at radius 3 is 2.30 bits per heavy atom. The Morgan fingerprint density at radius 1 is 0.975 bits per heavy atom. The Balaban J connectivity index is 1.55. The number of benzene rings is 2. The first-order valence-electron chi connectivity index (χ1n) is 12.5. The number of allylic oxidation sites excluding steroid dienone is 2. The maximum atomic E-state index is 14.0. The molecule has 4 aliphatic rings. The molecule has 2 aliphatic heterocycles. The summed E-state index contributed by atoms with van der Waals surface area (Å²) < 4.78 is 6.69. The van der Waals surface area contributed by atoms with Crippen LogP contribution in [-0.2, 0) is 19.2 Å². The Morgan fingerprint density at radius 2 is 1.65 bits per heavy atom. The highest BCUT2D eigenvalue weighted by Crippen LogP contribution is 2.66. The fourth-order valence-corrected chi connectivity index (χ4v) is 8.63. The van der Waals surface area contributed by atoms with E-state index in [2.05, 4.69) is 31.9 Å². The van der Waals surface area contributed by atoms with Crippen molar-refractivity contribution < 1.29 is 29.0 Å². The van der Waals surface area contributed by atoms with Crippen molar-refractivity contribution in [2.24, 2.45) is 17.8 Å². The minimum atomic E-state index is -2.00. The molecule has 2 saturated heterocycles. The molecule has 2 aromatic carbocycles. The summed E-state index contributed by atoms with van der Waals surface area (Å²) >= 11 is 21.1. The molecule has 1 saturated carbocycles. The molecule has 0 aromatic heterocycles. The van der Waals surface area contributed by atoms with E-state index in [0.29, 0.717) is 15.7 Å². The van der Waals surface area contributed by atoms with Crippen LogP contribution in [0.25, 0.3) is 0 Å². The summed E-state index contributed by atoms with van der Waals surface area (Å²) in [5.74, 6) is -5.58. The van der Waals surface area contributed by atoms with Crippen LogP contribution in [0.15, 0.2) is 57.0 Å². The highest BCUT2D eigenvalue weighted by Gasteiger charge is 2.76. The molecule has 1 N–H and O–H groups in total. The second kappa shape index (κ2) is 9.31. The summed E-state index contributed by atoms with van der Waals surface area (Å²) in [6.07, 6.45) is 1.91. The van der Waals surface area contributed by atoms with Gasteiger partial charge in [-0.25, -0.2) is 0 Å². The van der Waals surface area contributed by atoms with Gasteiger partial charge in [-0.15, -0.1) is 23.2 Å². The number of likely N-dealkylation sites (tertiary alicyclic amines) is 1. The van der Waals surface area contributed by atoms with Crippen molar-refractivity contribution in [3.05, 3.63) is 62.6 Å². The van der Waals surface area contributed by atoms with Crippen LogP contribution in [-0.4, -0.2) is 57.5 Å². The number of rotatable bonds is 3. The molecule has 12 heteroatoms. The molecule has 8 nitrogen and oxygen atoms in total. The molecule has 0 spiro atoms. The molecule has 4 amide bonds. The predicted molar refractivity (Wildman–Crippen MR) is 154 cm³/mol. The van der Waals surface area contributed by atoms with Crippen LogP contribution >= 0.6 is 55.1 Å². The van der Waals surface area contributed by atoms with Crippen molar-refractivity contribution in [2.75, 3.05) is 19.1 Å². The normalized spacial score (nSPS) is 33.1. The van der Waals surface area contributed by atoms with Crippen LogP contribution in [0, 0.1) is 17.8 Å². The van der Waals surface area contributed by atoms with Crippen LogP contribution in [0.4, 0.5) is 5.69 Å². The van der Waals surface area contributed by atoms with Gasteiger partial charge < -0.3 is 9.84 Å². The minimum absolute atomic E-state index is 0.125. The number of alkyl halides is 2. The molecule has 6 unspecified atom stereocenters. The van der Waals surface area contributed by atoms with Crippen molar-refractivity contribution in [2.45, 2.75) is 28.5 Å². The van der Waals surface area contributed by atoms with Gasteiger partial charge >= 0.3 is 0 Å². The van der Waals surface area contributed by atoms with E-state index in [0.717, 1.165) is 9.37 Å². The average molecular weight is 713 g/mol. The molecular formula is C28H22Br2Cl2N2O6. The van der Waals surface area contributed by atoms with Crippen molar-refractivity contribution in [3.63, 3.8) is 0 Å². The number of halogens is 4. The van der Waals surface area contributed by atoms with E-state index >= 15 is 0 Å². The van der Waals surface area contributed by atoms with Gasteiger partial charge in [0.1, 0.15) is 0 Å². The Hall–Kier alpha value is -2.40. The van der Waals surface area contributed by atoms with Crippen molar-refractivity contribution in [3.8, 4) is 11.5 Å². The highest BCUT2D eigenvalue weighted by atomic mass is 79.9. The van der Waals surface area contributed by atoms with Gasteiger partial charge in [-0.05, 0) is 55.2 Å². The van der Waals surface area contributed by atoms with E-state index in [4.69, 9.17) is 27.9 Å². The molecule has 0 radical (unpaired) electrons. The fourth-order valence-electron chi connectivity index (χ4n) is 6.90. The van der Waals surface area contributed by atoms with Gasteiger partial charge in [-0.1, -0.05) is 43.5 Å². The Bertz CT molecular complexity index is 1550. The van der Waals surface area contributed by atoms with Gasteiger partial charge in [0.2, 0.25) is 11.8 Å². The monoisotopic (exact) mass is 710 g/mol. The van der Waals surface area contributed by atoms with Crippen LogP contribution < -0.4 is 9.64 Å². The predicted octanol–water partition coefficient (Wildman–Crippen LogP) is 5.12. The van der Waals surface area contributed by atoms with Crippen LogP contribution in [0.1, 0.15) is 24.3 Å². The zero-order valence-corrected chi connectivity index (χ0v) is 25.8. The smallest absolute Gasteiger partial charge is 0.253 e. The van der Waals surface area contributed by atoms with E-state index in [9.17, 15) is 24.3 Å². The summed E-state index contributed by atoms with van der Waals surface area (Å²) in [7, 11) is 2.70. The molecule has 2 aromatic rings. The fraction of sp³-hybridized carbons (Fsp3) is 0.357. The number of anilines is 1. The van der Waals surface area contributed by atoms with Gasteiger partial charge in [0.25, 0.3) is 11.8 Å². The number of carbonyl (C=O) groups excluding carboxylic acids is 4. The van der Waals surface area contributed by atoms with E-state index in [-0.39, 0.29) is 35.8 Å². The molecule has 2 heterocycles. The third kappa shape index (κ3) is 3.48. The number of hydrogen-bond acceptors (Lipinski definition) is 6. The zero-order chi connectivity index (χ0) is 28.9. The van der Waals surface area contributed by atoms with Gasteiger partial charge in [0.15, 0.2) is 21.2 Å². The molecule has 208 valence electrons. The van der Waals surface area contributed by atoms with Gasteiger partial charge in [-0.2, -0.15) is 0 Å². The van der Waals surface area contributed by atoms with Crippen LogP contribution in [0.5, 0.6) is 11.5 Å². The van der Waals surface area contributed by atoms with Gasteiger partial charge in [-0.3, -0.25) is 29.0 Å². The van der Waals surface area contributed by atoms with Crippen molar-refractivity contribution in [1.29, 1.82) is 0 Å². The second-order valence-electron chi connectivity index (χ2n) is 10.5. The van der Waals surface area contributed by atoms with Crippen LogP contribution in [0.3, 0.4) is 0 Å². The number of amides is 4. The number of ether oxygens (including phenoxy) is 1. The summed E-state index contributed by atoms with van der Waals surface area (Å²) in [5, 5.41) is 11.3. The lowest BCUT2D eigenvalue weighted by Gasteiger charge is -2.50. The summed E-state index contributed by atoms with van der Waals surface area (Å²) in [4.78, 5) is 53.0. The lowest BCUT2D eigenvalue weighted by atomic mass is 9.56. The number of aromatic hydroxyl groups is 1. The number of methoxy groups -OCH3 is 1. The quantitative estimate of drug-likeness (QED) is 0.269. The van der Waals surface area contributed by atoms with Crippen molar-refractivity contribution in [1.82, 2.24) is 4.90 Å². The molecule has 40 heavy (non-hydrogen) atoms. The largest absolute Gasteiger partial charge is 0.504 e. The number of imide groups is 2. The Labute approximate surface area is 256 Å². The first-order valence-corrected chi connectivity index (χ1v) is 14.8. The van der Waals surface area contributed by atoms with Crippen LogP contribution in [0.2, 0.25) is 0 Å². The summed E-state index contributed by atoms with van der Waals surface area (Å²) in [5.41, 5.74) is 1.24. The SMILES string of the molecule is COc1cc(Br)cc(C2C3=CCC4C(=O)N(c5ccc(Br)cc5)C(=O)C4C3CC3(Cl)C(=O)N(C)C(=O)C23Cl)c1O. The van der Waals surface area contributed by atoms with Crippen molar-refractivity contribution >= 4 is 84.4 Å². The van der Waals surface area contributed by atoms with E-state index in [1.54, 1.807) is 36.4 Å². The topological polar surface area (TPSA) is 104 Å². The Kier molecular flexibility index (Phi) is 6.46. The number of carbonyl (C=O) groups is 4. The van der Waals surface area contributed by atoms with E-state index in [1.165, 1.54) is 19.1 Å². The average Bonchev–Trinajstić information content (AvgIpc) is 3.25. The maximum absolute atomic E-state index is 14.0. The molecular weight excluding hydrogens is 691 g/mol. The number of phenols is 1. The third-order valence-electron chi connectivity index (χ3n) is 8.70. The standard InChI is InChI=1S/C28H22Br2Cl2N2O6/c1-33-25(38)27(31)11-18-15(21(28(27,32)26(33)39)17-9-13(30)10-19(40-2)22(17)35)7-8-16-20(18)24(37)34(23(16)36)14-5-3-12(29)4-6-14/h3-7,9-10,16,18,20-21,35H,8,11H2,1-2H3. The minimum Gasteiger partial charge on any atom is -0.504 e. The van der Waals surface area contributed by atoms with Gasteiger partial charge in [0.05, 0.1) is 24.6 Å². The summed E-state index contributed by atoms with van der Waals surface area (Å²) in [6.45, 7) is 0. The zero-order valence-electron chi connectivity index (χ0n) is 21.2. The molecule has 6 rings (SSSR count). The lowest BCUT2D eigenvalue weighted by Crippen LogP contribution is -2.60. The first kappa shape index (κ1) is 27.8. The van der Waals surface area contributed by atoms with Gasteiger partial charge in [0, 0.05) is 27.5 Å². The van der Waals surface area contributed by atoms with E-state index in [1.807, 2.05) is 6.08 Å². The molecule has 6 atom stereocenters. The summed E-state index contributed by atoms with van der Waals surface area (Å²) in [6, 6.07) is 10.0. The lowest BCUT2D eigenvalue weighted by molar-refractivity contribution is -0.138. The van der Waals surface area contributed by atoms with E-state index < -0.39 is 51.1 Å². The number of fused-ring (bicyclic) bond motifs is 4. The molecule has 3 fully saturated rings. The maximum Gasteiger partial charge on any atom is 0.253 e. The highest BCUT2D eigenvalue weighted by molar-refractivity contribution is 9.10. The number of hydrogen-bond donors (Lipinski definition) is 1.